The number of hydrogen-bond acceptors (Lipinski definition) is 0. The molecule has 6 rings (SSSR count). The fraction of sp³-hybridized carbons (Fsp3) is 0.278. The molecule has 0 aromatic heterocycles. The van der Waals surface area contributed by atoms with E-state index in [9.17, 15) is 0 Å². The van der Waals surface area contributed by atoms with Crippen LogP contribution in [0.15, 0.2) is 78.4 Å². The third kappa shape index (κ3) is 4.88. The van der Waals surface area contributed by atoms with Crippen LogP contribution in [0.2, 0.25) is 0 Å². The zero-order chi connectivity index (χ0) is 28.2. The van der Waals surface area contributed by atoms with Crippen LogP contribution < -0.4 is 13.6 Å². The number of fused-ring (bicyclic) bond motifs is 4. The van der Waals surface area contributed by atoms with Crippen molar-refractivity contribution >= 4 is 46.3 Å². The van der Waals surface area contributed by atoms with E-state index in [2.05, 4.69) is 113 Å². The summed E-state index contributed by atoms with van der Waals surface area (Å²) < 4.78 is 1.45. The summed E-state index contributed by atoms with van der Waals surface area (Å²) in [6.45, 7) is 11.3. The van der Waals surface area contributed by atoms with Gasteiger partial charge in [-0.05, 0) is 0 Å². The molecule has 1 unspecified atom stereocenters. The summed E-state index contributed by atoms with van der Waals surface area (Å²) in [6.07, 6.45) is 5.89. The summed E-state index contributed by atoms with van der Waals surface area (Å²) in [7, 11) is 15.2. The maximum atomic E-state index is 7.90. The molecule has 1 aliphatic heterocycles. The molecule has 0 spiro atoms. The molecular formula is C36H38Cl2SiZr. The van der Waals surface area contributed by atoms with Gasteiger partial charge in [0.25, 0.3) is 0 Å². The number of unbranched alkanes of at least 4 members (excludes halogenated alkanes) is 1. The van der Waals surface area contributed by atoms with Gasteiger partial charge in [-0.3, -0.25) is 0 Å². The van der Waals surface area contributed by atoms with Crippen LogP contribution in [0.3, 0.4) is 0 Å². The zero-order valence-electron chi connectivity index (χ0n) is 24.2. The zero-order valence-corrected chi connectivity index (χ0v) is 29.6. The predicted molar refractivity (Wildman–Crippen MR) is 177 cm³/mol. The van der Waals surface area contributed by atoms with Crippen molar-refractivity contribution in [3.8, 4) is 22.3 Å². The molecular weight excluding hydrogens is 623 g/mol. The molecule has 0 saturated carbocycles. The molecule has 4 heteroatoms. The third-order valence-electron chi connectivity index (χ3n) is 8.85. The second-order valence-electron chi connectivity index (χ2n) is 12.1. The molecule has 0 saturated heterocycles. The van der Waals surface area contributed by atoms with Crippen LogP contribution in [0, 0.1) is 13.8 Å². The van der Waals surface area contributed by atoms with E-state index in [4.69, 9.17) is 17.0 Å². The van der Waals surface area contributed by atoms with Crippen LogP contribution in [-0.2, 0) is 17.9 Å². The fourth-order valence-electron chi connectivity index (χ4n) is 7.10. The number of rotatable bonds is 7. The fourth-order valence-corrected chi connectivity index (χ4v) is 24.0. The first kappa shape index (κ1) is 28.4. The second-order valence-corrected chi connectivity index (χ2v) is 27.9. The van der Waals surface area contributed by atoms with Crippen LogP contribution in [0.4, 0.5) is 0 Å². The van der Waals surface area contributed by atoms with Crippen molar-refractivity contribution in [2.45, 2.75) is 63.4 Å². The van der Waals surface area contributed by atoms with Gasteiger partial charge in [-0.1, -0.05) is 0 Å². The molecule has 204 valence electrons. The van der Waals surface area contributed by atoms with E-state index in [0.717, 1.165) is 19.3 Å². The Morgan fingerprint density at radius 1 is 0.875 bits per heavy atom. The molecule has 0 bridgehead atoms. The number of halogens is 2. The molecule has 0 nitrogen and oxygen atoms in total. The van der Waals surface area contributed by atoms with Gasteiger partial charge in [0.2, 0.25) is 0 Å². The monoisotopic (exact) mass is 658 g/mol. The molecule has 0 amide bonds. The van der Waals surface area contributed by atoms with Crippen molar-refractivity contribution < 1.29 is 17.9 Å². The van der Waals surface area contributed by atoms with Gasteiger partial charge in [0.05, 0.1) is 0 Å². The van der Waals surface area contributed by atoms with Crippen molar-refractivity contribution in [1.29, 1.82) is 0 Å². The minimum absolute atomic E-state index is 0.134. The van der Waals surface area contributed by atoms with Gasteiger partial charge in [-0.2, -0.15) is 0 Å². The molecule has 0 fully saturated rings. The molecule has 4 aromatic carbocycles. The Hall–Kier alpha value is -1.70. The van der Waals surface area contributed by atoms with Gasteiger partial charge in [-0.25, -0.2) is 0 Å². The Labute approximate surface area is 254 Å². The van der Waals surface area contributed by atoms with Crippen molar-refractivity contribution in [2.75, 3.05) is 0 Å². The van der Waals surface area contributed by atoms with Crippen molar-refractivity contribution in [1.82, 2.24) is 0 Å². The Bertz CT molecular complexity index is 1630. The summed E-state index contributed by atoms with van der Waals surface area (Å²) in [5.41, 5.74) is 13.7. The molecule has 1 aliphatic carbocycles. The average Bonchev–Trinajstić information content (AvgIpc) is 3.49. The van der Waals surface area contributed by atoms with E-state index in [1.165, 1.54) is 69.3 Å². The third-order valence-corrected chi connectivity index (χ3v) is 23.2. The van der Waals surface area contributed by atoms with E-state index >= 15 is 0 Å². The van der Waals surface area contributed by atoms with Crippen molar-refractivity contribution in [3.05, 3.63) is 106 Å². The quantitative estimate of drug-likeness (QED) is 0.154. The van der Waals surface area contributed by atoms with Crippen LogP contribution >= 0.6 is 17.0 Å². The predicted octanol–water partition coefficient (Wildman–Crippen LogP) is 8.61. The normalized spacial score (nSPS) is 16.3. The van der Waals surface area contributed by atoms with Crippen LogP contribution in [0.1, 0.15) is 77.4 Å². The molecule has 1 heterocycles. The van der Waals surface area contributed by atoms with E-state index in [1.807, 2.05) is 0 Å². The Kier molecular flexibility index (Phi) is 7.94. The van der Waals surface area contributed by atoms with Gasteiger partial charge in [0.15, 0.2) is 0 Å². The number of allylic oxidation sites excluding steroid dienone is 1. The first-order valence-corrected chi connectivity index (χ1v) is 25.1. The van der Waals surface area contributed by atoms with Crippen LogP contribution in [0.5, 0.6) is 0 Å². The Morgan fingerprint density at radius 2 is 1.60 bits per heavy atom. The standard InChI is InChI=1S/C24H29.C12H9Si.2ClH.Zr/c1-6-7-8-19-14-20-9-10-22(16(2)3)24(23(20)15-19)21-12-17(4)11-18(5)13-21;1-3-7-11-9(5-1)10-6-2-4-8-12(10)13-11;;;/h9-16H,6-8H2,1-5H3;1-7H,13H2;2*1H;/q;;;;+2/p-2. The number of benzene rings is 4. The first-order valence-electron chi connectivity index (χ1n) is 14.7. The van der Waals surface area contributed by atoms with Crippen LogP contribution in [-0.4, -0.2) is 9.52 Å². The Balaban J connectivity index is 1.55. The van der Waals surface area contributed by atoms with Crippen molar-refractivity contribution in [3.63, 3.8) is 0 Å². The molecule has 4 aromatic rings. The van der Waals surface area contributed by atoms with Crippen LogP contribution in [0.25, 0.3) is 28.3 Å². The van der Waals surface area contributed by atoms with E-state index in [-0.39, 0.29) is 3.63 Å². The Morgan fingerprint density at radius 3 is 2.33 bits per heavy atom. The van der Waals surface area contributed by atoms with E-state index in [0.29, 0.717) is 5.92 Å². The summed E-state index contributed by atoms with van der Waals surface area (Å²) in [5, 5.41) is 3.02. The molecule has 0 radical (unpaired) electrons. The van der Waals surface area contributed by atoms with E-state index in [1.54, 1.807) is 0 Å². The second kappa shape index (κ2) is 11.2. The minimum atomic E-state index is -3.98. The summed E-state index contributed by atoms with van der Waals surface area (Å²) in [4.78, 5) is 0. The number of hydrogen-bond donors (Lipinski definition) is 0. The summed E-state index contributed by atoms with van der Waals surface area (Å²) in [5.74, 6) is 0.426. The van der Waals surface area contributed by atoms with Gasteiger partial charge in [-0.15, -0.1) is 0 Å². The maximum absolute atomic E-state index is 7.90. The first-order chi connectivity index (χ1) is 19.2. The van der Waals surface area contributed by atoms with Crippen molar-refractivity contribution in [2.24, 2.45) is 0 Å². The van der Waals surface area contributed by atoms with Gasteiger partial charge in [0, 0.05) is 0 Å². The molecule has 2 aliphatic rings. The average molecular weight is 661 g/mol. The molecule has 1 atom stereocenters. The van der Waals surface area contributed by atoms with Gasteiger partial charge >= 0.3 is 256 Å². The summed E-state index contributed by atoms with van der Waals surface area (Å²) >= 11 is -3.98. The van der Waals surface area contributed by atoms with E-state index < -0.39 is 27.4 Å². The molecule has 40 heavy (non-hydrogen) atoms. The molecule has 0 N–H and O–H groups in total. The summed E-state index contributed by atoms with van der Waals surface area (Å²) in [6, 6.07) is 27.4. The van der Waals surface area contributed by atoms with Gasteiger partial charge < -0.3 is 0 Å². The topological polar surface area (TPSA) is 0 Å². The SMILES string of the molecule is CCCCC1=Cc2c(ccc(C(C)C)c2-c2cc(C)cc(C)c2)[CH]1[Zr]([Cl])([Cl])[c]1cccc2c1[SiH2]c1ccccc1-2. The van der Waals surface area contributed by atoms with Gasteiger partial charge in [0.1, 0.15) is 0 Å². The number of aryl methyl sites for hydroxylation is 2.